The predicted molar refractivity (Wildman–Crippen MR) is 149 cm³/mol. The number of hydrogen-bond acceptors (Lipinski definition) is 9. The Morgan fingerprint density at radius 2 is 1.72 bits per heavy atom. The molecule has 0 bridgehead atoms. The molecule has 1 aromatic heterocycles. The van der Waals surface area contributed by atoms with Crippen LogP contribution in [0.3, 0.4) is 0 Å². The Morgan fingerprint density at radius 1 is 0.974 bits per heavy atom. The van der Waals surface area contributed by atoms with Crippen molar-refractivity contribution in [1.29, 1.82) is 0 Å². The fourth-order valence-corrected chi connectivity index (χ4v) is 4.40. The van der Waals surface area contributed by atoms with Gasteiger partial charge < -0.3 is 20.1 Å². The van der Waals surface area contributed by atoms with E-state index in [-0.39, 0.29) is 35.9 Å². The van der Waals surface area contributed by atoms with E-state index in [1.54, 1.807) is 42.5 Å². The molecular weight excluding hydrogens is 546 g/mol. The molecule has 0 radical (unpaired) electrons. The van der Waals surface area contributed by atoms with Crippen LogP contribution < -0.4 is 19.7 Å². The second kappa shape index (κ2) is 12.4. The second-order valence-corrected chi connectivity index (χ2v) is 9.32. The molecule has 1 amide bonds. The van der Waals surface area contributed by atoms with E-state index < -0.39 is 22.8 Å². The molecule has 0 unspecified atom stereocenters. The summed E-state index contributed by atoms with van der Waals surface area (Å²) in [5.74, 6) is -0.365. The third-order valence-corrected chi connectivity index (χ3v) is 6.61. The lowest BCUT2D eigenvalue weighted by Gasteiger charge is -2.21. The maximum absolute atomic E-state index is 12.7. The number of hydrogen-bond donors (Lipinski definition) is 3. The zero-order valence-electron chi connectivity index (χ0n) is 20.9. The molecule has 4 aromatic rings. The largest absolute Gasteiger partial charge is 0.497 e. The van der Waals surface area contributed by atoms with Crippen LogP contribution in [0.1, 0.15) is 16.8 Å². The van der Waals surface area contributed by atoms with Gasteiger partial charge in [-0.1, -0.05) is 29.8 Å². The first-order chi connectivity index (χ1) is 18.8. The van der Waals surface area contributed by atoms with Gasteiger partial charge in [0.05, 0.1) is 48.1 Å². The fraction of sp³-hybridized carbons (Fsp3) is 0.154. The summed E-state index contributed by atoms with van der Waals surface area (Å²) in [6.45, 7) is 0.0563. The van der Waals surface area contributed by atoms with Crippen molar-refractivity contribution in [1.82, 2.24) is 15.3 Å². The summed E-state index contributed by atoms with van der Waals surface area (Å²) >= 11 is 6.39. The molecule has 0 saturated carbocycles. The lowest BCUT2D eigenvalue weighted by atomic mass is 10.2. The number of carbonyl (C=O) groups excluding carboxylic acids is 2. The Morgan fingerprint density at radius 3 is 2.41 bits per heavy atom. The van der Waals surface area contributed by atoms with E-state index in [2.05, 4.69) is 25.3 Å². The minimum absolute atomic E-state index is 0.00494. The maximum atomic E-state index is 12.7. The Balaban J connectivity index is 1.77. The number of benzene rings is 3. The van der Waals surface area contributed by atoms with Crippen LogP contribution >= 0.6 is 11.6 Å². The molecule has 3 aromatic carbocycles. The number of rotatable bonds is 10. The summed E-state index contributed by atoms with van der Waals surface area (Å²) < 4.78 is 36.1. The number of halogens is 1. The van der Waals surface area contributed by atoms with Crippen LogP contribution in [0.2, 0.25) is 5.02 Å². The average molecular weight is 570 g/mol. The van der Waals surface area contributed by atoms with Gasteiger partial charge in [0, 0.05) is 18.2 Å². The highest BCUT2D eigenvalue weighted by Crippen LogP contribution is 2.36. The van der Waals surface area contributed by atoms with E-state index in [4.69, 9.17) is 16.3 Å². The first-order valence-electron chi connectivity index (χ1n) is 11.6. The molecule has 0 saturated heterocycles. The van der Waals surface area contributed by atoms with Gasteiger partial charge in [-0.25, -0.2) is 22.7 Å². The highest BCUT2D eigenvalue weighted by atomic mass is 35.5. The standard InChI is InChI=1S/C26H24ClN5O6S/c1-37-18-10-11-19(27)22(15-18)30-24-25(31-21-9-4-3-8-20(21)29-24)32(39(35)36)17-7-5-6-16(14-17)26(34)28-13-12-23(33)38-2/h3-11,14-15,39H,12-13H2,1-2H3,(H,28,34)(H,29,30). The lowest BCUT2D eigenvalue weighted by Crippen LogP contribution is -2.26. The van der Waals surface area contributed by atoms with E-state index in [9.17, 15) is 18.0 Å². The van der Waals surface area contributed by atoms with Crippen molar-refractivity contribution in [2.75, 3.05) is 30.4 Å². The molecule has 2 N–H and O–H groups in total. The number of anilines is 4. The molecule has 0 fully saturated rings. The van der Waals surface area contributed by atoms with Crippen molar-refractivity contribution in [2.24, 2.45) is 0 Å². The first kappa shape index (κ1) is 27.6. The Hall–Kier alpha value is -4.42. The third kappa shape index (κ3) is 6.54. The SMILES string of the molecule is COC(=O)CCNC(=O)c1cccc(N(c2nc3ccccc3nc2Nc2cc(OC)ccc2Cl)[SH](=O)=O)c1. The molecule has 0 spiro atoms. The topological polar surface area (TPSA) is 140 Å². The highest BCUT2D eigenvalue weighted by Gasteiger charge is 2.22. The molecule has 4 rings (SSSR count). The van der Waals surface area contributed by atoms with Gasteiger partial charge in [-0.3, -0.25) is 9.59 Å². The number of para-hydroxylation sites is 2. The van der Waals surface area contributed by atoms with Gasteiger partial charge in [0.1, 0.15) is 5.75 Å². The summed E-state index contributed by atoms with van der Waals surface area (Å²) in [6, 6.07) is 17.9. The number of thiol groups is 1. The van der Waals surface area contributed by atoms with Gasteiger partial charge >= 0.3 is 5.97 Å². The average Bonchev–Trinajstić information content (AvgIpc) is 2.94. The second-order valence-electron chi connectivity index (χ2n) is 8.04. The normalized spacial score (nSPS) is 10.8. The summed E-state index contributed by atoms with van der Waals surface area (Å²) in [4.78, 5) is 33.2. The van der Waals surface area contributed by atoms with Gasteiger partial charge in [0.15, 0.2) is 11.6 Å². The van der Waals surface area contributed by atoms with E-state index in [0.717, 1.165) is 4.31 Å². The van der Waals surface area contributed by atoms with Crippen LogP contribution in [0.5, 0.6) is 5.75 Å². The van der Waals surface area contributed by atoms with E-state index in [1.165, 1.54) is 38.5 Å². The summed E-state index contributed by atoms with van der Waals surface area (Å²) in [5, 5.41) is 6.03. The number of fused-ring (bicyclic) bond motifs is 1. The molecule has 0 atom stereocenters. The molecular formula is C26H24ClN5O6S. The van der Waals surface area contributed by atoms with E-state index >= 15 is 0 Å². The molecule has 1 heterocycles. The molecule has 0 aliphatic carbocycles. The van der Waals surface area contributed by atoms with Crippen LogP contribution in [0, 0.1) is 0 Å². The number of aromatic nitrogens is 2. The van der Waals surface area contributed by atoms with Crippen LogP contribution in [0.4, 0.5) is 23.0 Å². The Labute approximate surface area is 230 Å². The maximum Gasteiger partial charge on any atom is 0.307 e. The summed E-state index contributed by atoms with van der Waals surface area (Å²) in [6.07, 6.45) is -0.00494. The first-order valence-corrected chi connectivity index (χ1v) is 13.1. The molecule has 202 valence electrons. The van der Waals surface area contributed by atoms with Gasteiger partial charge in [-0.05, 0) is 42.5 Å². The van der Waals surface area contributed by atoms with Gasteiger partial charge in [0.2, 0.25) is 10.9 Å². The van der Waals surface area contributed by atoms with E-state index in [1.807, 2.05) is 0 Å². The number of esters is 1. The minimum atomic E-state index is -3.29. The van der Waals surface area contributed by atoms with Crippen LogP contribution in [-0.4, -0.2) is 51.0 Å². The van der Waals surface area contributed by atoms with Crippen molar-refractivity contribution in [2.45, 2.75) is 6.42 Å². The monoisotopic (exact) mass is 569 g/mol. The number of nitrogens with one attached hydrogen (secondary N) is 2. The molecule has 11 nitrogen and oxygen atoms in total. The number of nitrogens with zero attached hydrogens (tertiary/aromatic N) is 3. The van der Waals surface area contributed by atoms with Crippen molar-refractivity contribution >= 4 is 68.4 Å². The number of carbonyl (C=O) groups is 2. The van der Waals surface area contributed by atoms with Gasteiger partial charge in [0.25, 0.3) is 5.91 Å². The lowest BCUT2D eigenvalue weighted by molar-refractivity contribution is -0.140. The highest BCUT2D eigenvalue weighted by molar-refractivity contribution is 7.74. The van der Waals surface area contributed by atoms with Crippen molar-refractivity contribution in [3.05, 3.63) is 77.3 Å². The Kier molecular flexibility index (Phi) is 8.79. The Bertz CT molecular complexity index is 1610. The number of ether oxygens (including phenoxy) is 2. The minimum Gasteiger partial charge on any atom is -0.497 e. The predicted octanol–water partition coefficient (Wildman–Crippen LogP) is 3.99. The quantitative estimate of drug-likeness (QED) is 0.191. The van der Waals surface area contributed by atoms with Crippen molar-refractivity contribution < 1.29 is 27.5 Å². The van der Waals surface area contributed by atoms with Crippen LogP contribution in [-0.2, 0) is 20.4 Å². The number of amides is 1. The van der Waals surface area contributed by atoms with E-state index in [0.29, 0.717) is 27.5 Å². The van der Waals surface area contributed by atoms with Crippen LogP contribution in [0.25, 0.3) is 11.0 Å². The van der Waals surface area contributed by atoms with Gasteiger partial charge in [-0.2, -0.15) is 0 Å². The molecule has 0 aliphatic heterocycles. The zero-order valence-corrected chi connectivity index (χ0v) is 22.5. The molecule has 13 heteroatoms. The van der Waals surface area contributed by atoms with Crippen molar-refractivity contribution in [3.8, 4) is 5.75 Å². The van der Waals surface area contributed by atoms with Crippen molar-refractivity contribution in [3.63, 3.8) is 0 Å². The zero-order chi connectivity index (χ0) is 27.9. The summed E-state index contributed by atoms with van der Waals surface area (Å²) in [5.41, 5.74) is 1.71. The summed E-state index contributed by atoms with van der Waals surface area (Å²) in [7, 11) is -0.525. The molecule has 39 heavy (non-hydrogen) atoms. The van der Waals surface area contributed by atoms with Gasteiger partial charge in [-0.15, -0.1) is 0 Å². The van der Waals surface area contributed by atoms with Crippen LogP contribution in [0.15, 0.2) is 66.7 Å². The smallest absolute Gasteiger partial charge is 0.307 e. The number of methoxy groups -OCH3 is 2. The molecule has 0 aliphatic rings. The third-order valence-electron chi connectivity index (χ3n) is 5.54. The fourth-order valence-electron chi connectivity index (χ4n) is 3.63.